The number of allylic oxidation sites excluding steroid dienone is 1. The fourth-order valence-corrected chi connectivity index (χ4v) is 4.20. The molecule has 4 heterocycles. The van der Waals surface area contributed by atoms with Crippen molar-refractivity contribution in [2.24, 2.45) is 5.10 Å². The van der Waals surface area contributed by atoms with Gasteiger partial charge >= 0.3 is 0 Å². The number of hydrogen-bond donors (Lipinski definition) is 4. The molecule has 1 saturated heterocycles. The summed E-state index contributed by atoms with van der Waals surface area (Å²) in [5, 5.41) is 31.0. The maximum atomic E-state index is 9.93. The van der Waals surface area contributed by atoms with E-state index in [2.05, 4.69) is 32.4 Å². The molecule has 2 aromatic rings. The lowest BCUT2D eigenvalue weighted by atomic mass is 9.95. The van der Waals surface area contributed by atoms with E-state index in [4.69, 9.17) is 15.5 Å². The Morgan fingerprint density at radius 2 is 2.09 bits per heavy atom. The lowest BCUT2D eigenvalue weighted by Crippen LogP contribution is -2.59. The predicted octanol–water partition coefficient (Wildman–Crippen LogP) is 1.64. The van der Waals surface area contributed by atoms with Gasteiger partial charge < -0.3 is 21.1 Å². The summed E-state index contributed by atoms with van der Waals surface area (Å²) >= 11 is 0. The second-order valence-corrected chi connectivity index (χ2v) is 9.33. The molecule has 4 rings (SSSR count). The minimum Gasteiger partial charge on any atom is -0.389 e. The molecule has 1 atom stereocenters. The van der Waals surface area contributed by atoms with Gasteiger partial charge in [0, 0.05) is 62.7 Å². The van der Waals surface area contributed by atoms with E-state index < -0.39 is 5.60 Å². The Bertz CT molecular complexity index is 1040. The number of likely N-dealkylation sites (tertiary alicyclic amines) is 1. The average molecular weight is 464 g/mol. The molecule has 1 unspecified atom stereocenters. The van der Waals surface area contributed by atoms with Crippen LogP contribution in [0.25, 0.3) is 0 Å². The Kier molecular flexibility index (Phi) is 7.18. The van der Waals surface area contributed by atoms with Gasteiger partial charge in [0.25, 0.3) is 0 Å². The van der Waals surface area contributed by atoms with E-state index in [9.17, 15) is 5.11 Å². The number of β-amino-alcohol motifs (C(OH)–C–C–N with tert-alkyl or cyclic N) is 1. The highest BCUT2D eigenvalue weighted by molar-refractivity contribution is 6.05. The number of rotatable bonds is 10. The summed E-state index contributed by atoms with van der Waals surface area (Å²) < 4.78 is 0. The summed E-state index contributed by atoms with van der Waals surface area (Å²) in [5.74, 6) is 0.446. The summed E-state index contributed by atoms with van der Waals surface area (Å²) in [4.78, 5) is 15.5. The van der Waals surface area contributed by atoms with Crippen LogP contribution in [-0.4, -0.2) is 86.3 Å². The van der Waals surface area contributed by atoms with E-state index in [1.165, 1.54) is 6.21 Å². The van der Waals surface area contributed by atoms with E-state index in [1.807, 2.05) is 43.3 Å². The topological polar surface area (TPSA) is 126 Å². The first-order valence-corrected chi connectivity index (χ1v) is 11.6. The largest absolute Gasteiger partial charge is 0.389 e. The van der Waals surface area contributed by atoms with Crippen LogP contribution in [0.3, 0.4) is 0 Å². The van der Waals surface area contributed by atoms with Crippen molar-refractivity contribution in [3.63, 3.8) is 0 Å². The maximum absolute atomic E-state index is 9.93. The molecule has 4 N–H and O–H groups in total. The van der Waals surface area contributed by atoms with Crippen LogP contribution in [0.5, 0.6) is 0 Å². The maximum Gasteiger partial charge on any atom is 0.227 e. The minimum atomic E-state index is -0.695. The van der Waals surface area contributed by atoms with E-state index in [0.717, 1.165) is 43.1 Å². The van der Waals surface area contributed by atoms with Crippen LogP contribution in [0, 0.1) is 5.41 Å². The first-order valence-electron chi connectivity index (χ1n) is 11.6. The smallest absolute Gasteiger partial charge is 0.227 e. The monoisotopic (exact) mass is 463 g/mol. The first kappa shape index (κ1) is 23.8. The standard InChI is InChI=1S/C24H33N9O/c1-4-33-15-20(22(31-33)17-6-5-8-26-11-17)21-7-9-27-23(30-21)29-18(10-25)12-28-19-13-32(14-19)16-24(2,3)34/h5-12,19-20,25,28,34H,4,13-16H2,1-3H3,(H,27,29,30)/b18-12+,25-10?. The van der Waals surface area contributed by atoms with Crippen molar-refractivity contribution in [1.29, 1.82) is 5.41 Å². The number of aliphatic hydroxyl groups is 1. The second-order valence-electron chi connectivity index (χ2n) is 9.33. The average Bonchev–Trinajstić information content (AvgIpc) is 3.24. The van der Waals surface area contributed by atoms with Crippen molar-refractivity contribution < 1.29 is 5.11 Å². The molecule has 0 aliphatic carbocycles. The lowest BCUT2D eigenvalue weighted by Gasteiger charge is -2.42. The highest BCUT2D eigenvalue weighted by Crippen LogP contribution is 2.27. The molecule has 0 saturated carbocycles. The normalized spacial score (nSPS) is 19.5. The van der Waals surface area contributed by atoms with E-state index in [-0.39, 0.29) is 12.0 Å². The molecule has 0 spiro atoms. The van der Waals surface area contributed by atoms with Crippen LogP contribution in [0.1, 0.15) is 37.9 Å². The third-order valence-electron chi connectivity index (χ3n) is 5.78. The Hall–Kier alpha value is -3.37. The van der Waals surface area contributed by atoms with Crippen molar-refractivity contribution in [2.45, 2.75) is 38.3 Å². The van der Waals surface area contributed by atoms with Gasteiger partial charge in [-0.15, -0.1) is 0 Å². The van der Waals surface area contributed by atoms with Gasteiger partial charge in [-0.3, -0.25) is 14.9 Å². The van der Waals surface area contributed by atoms with E-state index in [1.54, 1.807) is 18.6 Å². The fourth-order valence-electron chi connectivity index (χ4n) is 4.20. The van der Waals surface area contributed by atoms with Crippen LogP contribution in [0.4, 0.5) is 5.95 Å². The molecule has 0 bridgehead atoms. The minimum absolute atomic E-state index is 0.00923. The summed E-state index contributed by atoms with van der Waals surface area (Å²) in [5.41, 5.74) is 2.68. The number of nitrogens with zero attached hydrogens (tertiary/aromatic N) is 6. The molecule has 10 heteroatoms. The summed E-state index contributed by atoms with van der Waals surface area (Å²) in [7, 11) is 0. The van der Waals surface area contributed by atoms with Gasteiger partial charge in [-0.25, -0.2) is 9.97 Å². The van der Waals surface area contributed by atoms with Crippen molar-refractivity contribution >= 4 is 17.9 Å². The predicted molar refractivity (Wildman–Crippen MR) is 133 cm³/mol. The van der Waals surface area contributed by atoms with Crippen molar-refractivity contribution in [3.05, 3.63) is 59.9 Å². The number of hydrogen-bond acceptors (Lipinski definition) is 10. The van der Waals surface area contributed by atoms with Gasteiger partial charge in [0.2, 0.25) is 5.95 Å². The zero-order chi connectivity index (χ0) is 24.1. The molecule has 2 aliphatic heterocycles. The first-order chi connectivity index (χ1) is 16.3. The molecular weight excluding hydrogens is 430 g/mol. The number of aromatic nitrogens is 3. The molecule has 180 valence electrons. The Labute approximate surface area is 200 Å². The molecule has 0 radical (unpaired) electrons. The van der Waals surface area contributed by atoms with Crippen molar-refractivity contribution in [2.75, 3.05) is 38.0 Å². The van der Waals surface area contributed by atoms with Crippen LogP contribution < -0.4 is 10.6 Å². The molecule has 34 heavy (non-hydrogen) atoms. The van der Waals surface area contributed by atoms with Crippen LogP contribution in [0.15, 0.2) is 53.8 Å². The molecular formula is C24H33N9O. The number of hydrazone groups is 1. The Balaban J connectivity index is 1.41. The summed E-state index contributed by atoms with van der Waals surface area (Å²) in [6.07, 6.45) is 8.34. The molecule has 10 nitrogen and oxygen atoms in total. The zero-order valence-electron chi connectivity index (χ0n) is 19.9. The van der Waals surface area contributed by atoms with Crippen molar-refractivity contribution in [1.82, 2.24) is 30.2 Å². The summed E-state index contributed by atoms with van der Waals surface area (Å²) in [6, 6.07) is 6.13. The van der Waals surface area contributed by atoms with E-state index in [0.29, 0.717) is 18.2 Å². The van der Waals surface area contributed by atoms with E-state index >= 15 is 0 Å². The van der Waals surface area contributed by atoms with Crippen molar-refractivity contribution in [3.8, 4) is 0 Å². The van der Waals surface area contributed by atoms with Gasteiger partial charge in [0.1, 0.15) is 0 Å². The van der Waals surface area contributed by atoms with Crippen LogP contribution in [-0.2, 0) is 0 Å². The number of pyridine rings is 1. The van der Waals surface area contributed by atoms with Gasteiger partial charge in [-0.1, -0.05) is 0 Å². The summed E-state index contributed by atoms with van der Waals surface area (Å²) in [6.45, 7) is 9.62. The molecule has 0 amide bonds. The van der Waals surface area contributed by atoms with Crippen LogP contribution in [0.2, 0.25) is 0 Å². The Morgan fingerprint density at radius 3 is 2.76 bits per heavy atom. The SMILES string of the molecule is CCN1CC(c2ccnc(N/C(C=N)=C/NC3CN(CC(C)(C)O)C3)n2)C(c2cccnc2)=N1. The third kappa shape index (κ3) is 5.95. The van der Waals surface area contributed by atoms with Gasteiger partial charge in [-0.2, -0.15) is 5.10 Å². The Morgan fingerprint density at radius 1 is 1.26 bits per heavy atom. The lowest BCUT2D eigenvalue weighted by molar-refractivity contribution is 0.00484. The molecule has 1 fully saturated rings. The third-order valence-corrected chi connectivity index (χ3v) is 5.78. The van der Waals surface area contributed by atoms with Gasteiger partial charge in [-0.05, 0) is 39.0 Å². The molecule has 2 aliphatic rings. The van der Waals surface area contributed by atoms with Gasteiger partial charge in [0.05, 0.1) is 41.2 Å². The number of anilines is 1. The fraction of sp³-hybridized carbons (Fsp3) is 0.458. The number of nitrogens with one attached hydrogen (secondary N) is 3. The zero-order valence-corrected chi connectivity index (χ0v) is 19.9. The van der Waals surface area contributed by atoms with Crippen LogP contribution >= 0.6 is 0 Å². The number of likely N-dealkylation sites (N-methyl/N-ethyl adjacent to an activating group) is 1. The highest BCUT2D eigenvalue weighted by Gasteiger charge is 2.31. The molecule has 0 aromatic carbocycles. The highest BCUT2D eigenvalue weighted by atomic mass is 16.3. The second kappa shape index (κ2) is 10.3. The quantitative estimate of drug-likeness (QED) is 0.392. The molecule has 2 aromatic heterocycles. The van der Waals surface area contributed by atoms with Gasteiger partial charge in [0.15, 0.2) is 0 Å².